The van der Waals surface area contributed by atoms with E-state index in [1.807, 2.05) is 43.3 Å². The fraction of sp³-hybridized carbons (Fsp3) is 0.276. The van der Waals surface area contributed by atoms with E-state index in [0.29, 0.717) is 29.0 Å². The molecular weight excluding hydrogens is 440 g/mol. The molecule has 0 bridgehead atoms. The Kier molecular flexibility index (Phi) is 6.36. The zero-order chi connectivity index (χ0) is 24.4. The molecule has 1 amide bonds. The van der Waals surface area contributed by atoms with Crippen molar-refractivity contribution in [3.05, 3.63) is 99.5 Å². The number of aromatic nitrogens is 1. The Morgan fingerprint density at radius 3 is 2.51 bits per heavy atom. The average molecular weight is 469 g/mol. The topological polar surface area (TPSA) is 72.6 Å². The molecule has 178 valence electrons. The van der Waals surface area contributed by atoms with Gasteiger partial charge in [0.25, 0.3) is 5.91 Å². The summed E-state index contributed by atoms with van der Waals surface area (Å²) in [6.07, 6.45) is 4.56. The molecule has 0 radical (unpaired) electrons. The first-order chi connectivity index (χ1) is 17.1. The molecule has 35 heavy (non-hydrogen) atoms. The van der Waals surface area contributed by atoms with Gasteiger partial charge in [0.15, 0.2) is 5.43 Å². The van der Waals surface area contributed by atoms with Gasteiger partial charge in [0.05, 0.1) is 23.6 Å². The summed E-state index contributed by atoms with van der Waals surface area (Å²) in [6.45, 7) is 4.72. The third-order valence-electron chi connectivity index (χ3n) is 6.36. The molecule has 5 rings (SSSR count). The zero-order valence-electron chi connectivity index (χ0n) is 20.0. The first-order valence-electron chi connectivity index (χ1n) is 12.1. The van der Waals surface area contributed by atoms with E-state index in [0.717, 1.165) is 29.8 Å². The van der Waals surface area contributed by atoms with Crippen LogP contribution in [0.25, 0.3) is 11.0 Å². The van der Waals surface area contributed by atoms with Gasteiger partial charge in [0.1, 0.15) is 17.2 Å². The minimum absolute atomic E-state index is 0.0678. The van der Waals surface area contributed by atoms with Crippen molar-refractivity contribution in [1.82, 2.24) is 4.98 Å². The largest absolute Gasteiger partial charge is 0.494 e. The highest BCUT2D eigenvalue weighted by atomic mass is 16.5. The van der Waals surface area contributed by atoms with Crippen molar-refractivity contribution < 1.29 is 13.9 Å². The molecule has 0 fully saturated rings. The van der Waals surface area contributed by atoms with Crippen molar-refractivity contribution in [2.75, 3.05) is 11.5 Å². The maximum absolute atomic E-state index is 13.6. The van der Waals surface area contributed by atoms with E-state index in [9.17, 15) is 9.59 Å². The van der Waals surface area contributed by atoms with Crippen LogP contribution in [0.3, 0.4) is 0 Å². The quantitative estimate of drug-likeness (QED) is 0.288. The highest BCUT2D eigenvalue weighted by molar-refractivity contribution is 6.10. The van der Waals surface area contributed by atoms with Crippen LogP contribution in [0, 0.1) is 6.92 Å². The molecule has 1 aliphatic rings. The van der Waals surface area contributed by atoms with Crippen molar-refractivity contribution in [2.45, 2.75) is 45.6 Å². The van der Waals surface area contributed by atoms with E-state index in [4.69, 9.17) is 9.15 Å². The summed E-state index contributed by atoms with van der Waals surface area (Å²) in [5, 5.41) is 0.454. The fourth-order valence-corrected chi connectivity index (χ4v) is 4.60. The van der Waals surface area contributed by atoms with E-state index in [2.05, 4.69) is 11.9 Å². The van der Waals surface area contributed by atoms with Gasteiger partial charge in [-0.25, -0.2) is 4.98 Å². The van der Waals surface area contributed by atoms with Crippen LogP contribution in [0.4, 0.5) is 5.82 Å². The lowest BCUT2D eigenvalue weighted by molar-refractivity contribution is 0.0970. The van der Waals surface area contributed by atoms with Gasteiger partial charge in [-0.3, -0.25) is 14.5 Å². The Hall–Kier alpha value is -3.93. The van der Waals surface area contributed by atoms with Gasteiger partial charge in [0.2, 0.25) is 5.76 Å². The second kappa shape index (κ2) is 9.74. The molecule has 3 heterocycles. The van der Waals surface area contributed by atoms with E-state index < -0.39 is 6.04 Å². The van der Waals surface area contributed by atoms with Crippen molar-refractivity contribution in [3.63, 3.8) is 0 Å². The molecule has 0 unspecified atom stereocenters. The van der Waals surface area contributed by atoms with E-state index in [-0.39, 0.29) is 17.1 Å². The molecule has 2 aromatic heterocycles. The number of benzene rings is 2. The number of aryl methyl sites for hydroxylation is 1. The molecule has 6 nitrogen and oxygen atoms in total. The van der Waals surface area contributed by atoms with Crippen LogP contribution in [0.5, 0.6) is 5.75 Å². The third-order valence-corrected chi connectivity index (χ3v) is 6.36. The minimum Gasteiger partial charge on any atom is -0.494 e. The number of carbonyl (C=O) groups is 1. The van der Waals surface area contributed by atoms with Gasteiger partial charge >= 0.3 is 0 Å². The molecular formula is C29H28N2O4. The lowest BCUT2D eigenvalue weighted by atomic mass is 9.98. The van der Waals surface area contributed by atoms with Crippen LogP contribution in [-0.2, 0) is 0 Å². The van der Waals surface area contributed by atoms with E-state index >= 15 is 0 Å². The molecule has 1 aliphatic heterocycles. The molecule has 0 aliphatic carbocycles. The second-order valence-electron chi connectivity index (χ2n) is 8.86. The summed E-state index contributed by atoms with van der Waals surface area (Å²) >= 11 is 0. The molecule has 6 heteroatoms. The first-order valence-corrected chi connectivity index (χ1v) is 12.1. The number of rotatable bonds is 8. The molecule has 0 N–H and O–H groups in total. The van der Waals surface area contributed by atoms with Crippen molar-refractivity contribution in [1.29, 1.82) is 0 Å². The molecule has 0 saturated heterocycles. The Bertz CT molecular complexity index is 1430. The molecule has 4 aromatic rings. The van der Waals surface area contributed by atoms with Gasteiger partial charge in [-0.1, -0.05) is 56.5 Å². The van der Waals surface area contributed by atoms with Gasteiger partial charge in [-0.15, -0.1) is 0 Å². The number of ether oxygens (including phenoxy) is 1. The van der Waals surface area contributed by atoms with Crippen LogP contribution < -0.4 is 15.1 Å². The fourth-order valence-electron chi connectivity index (χ4n) is 4.60. The highest BCUT2D eigenvalue weighted by Gasteiger charge is 2.44. The van der Waals surface area contributed by atoms with Gasteiger partial charge in [-0.2, -0.15) is 0 Å². The second-order valence-corrected chi connectivity index (χ2v) is 8.86. The van der Waals surface area contributed by atoms with Crippen LogP contribution in [0.15, 0.2) is 75.9 Å². The predicted molar refractivity (Wildman–Crippen MR) is 136 cm³/mol. The maximum Gasteiger partial charge on any atom is 0.296 e. The summed E-state index contributed by atoms with van der Waals surface area (Å²) < 4.78 is 11.9. The molecule has 0 spiro atoms. The monoisotopic (exact) mass is 468 g/mol. The minimum atomic E-state index is -0.647. The normalized spacial score (nSPS) is 15.0. The van der Waals surface area contributed by atoms with Crippen molar-refractivity contribution in [2.24, 2.45) is 0 Å². The number of pyridine rings is 1. The Morgan fingerprint density at radius 1 is 0.943 bits per heavy atom. The van der Waals surface area contributed by atoms with E-state index in [1.165, 1.54) is 12.8 Å². The summed E-state index contributed by atoms with van der Waals surface area (Å²) in [5.74, 6) is 0.937. The van der Waals surface area contributed by atoms with Crippen LogP contribution in [0.2, 0.25) is 0 Å². The number of amides is 1. The van der Waals surface area contributed by atoms with Crippen molar-refractivity contribution in [3.8, 4) is 5.75 Å². The van der Waals surface area contributed by atoms with Gasteiger partial charge in [-0.05, 0) is 55.3 Å². The number of unbranched alkanes of at least 4 members (excludes halogenated alkanes) is 3. The lowest BCUT2D eigenvalue weighted by Crippen LogP contribution is -2.30. The van der Waals surface area contributed by atoms with Crippen molar-refractivity contribution >= 4 is 22.7 Å². The third kappa shape index (κ3) is 4.32. The summed E-state index contributed by atoms with van der Waals surface area (Å²) in [6, 6.07) is 19.5. The number of nitrogens with zero attached hydrogens (tertiary/aromatic N) is 2. The highest BCUT2D eigenvalue weighted by Crippen LogP contribution is 2.40. The molecule has 2 aromatic carbocycles. The predicted octanol–water partition coefficient (Wildman–Crippen LogP) is 6.21. The zero-order valence-corrected chi connectivity index (χ0v) is 20.0. The standard InChI is InChI=1S/C29H28N2O4/c1-3-4-5-8-18-34-21-16-14-20(15-17-21)26-25-27(32)22-11-6-7-12-23(22)35-28(25)29(33)31(26)24-13-9-10-19(2)30-24/h6-7,9-17,26H,3-5,8,18H2,1-2H3/t26-/m1/s1. The van der Waals surface area contributed by atoms with Gasteiger partial charge in [0, 0.05) is 5.69 Å². The molecule has 1 atom stereocenters. The maximum atomic E-state index is 13.6. The number of carbonyl (C=O) groups excluding carboxylic acids is 1. The number of para-hydroxylation sites is 1. The van der Waals surface area contributed by atoms with Gasteiger partial charge < -0.3 is 9.15 Å². The van der Waals surface area contributed by atoms with Crippen LogP contribution in [-0.4, -0.2) is 17.5 Å². The summed E-state index contributed by atoms with van der Waals surface area (Å²) in [4.78, 5) is 33.4. The Balaban J connectivity index is 1.56. The Morgan fingerprint density at radius 2 is 1.74 bits per heavy atom. The van der Waals surface area contributed by atoms with E-state index in [1.54, 1.807) is 35.2 Å². The SMILES string of the molecule is CCCCCCOc1ccc([C@@H]2c3c(oc4ccccc4c3=O)C(=O)N2c2cccc(C)n2)cc1. The van der Waals surface area contributed by atoms with Crippen LogP contribution >= 0.6 is 0 Å². The number of hydrogen-bond donors (Lipinski definition) is 0. The summed E-state index contributed by atoms with van der Waals surface area (Å²) in [5.41, 5.74) is 2.11. The summed E-state index contributed by atoms with van der Waals surface area (Å²) in [7, 11) is 0. The molecule has 0 saturated carbocycles. The average Bonchev–Trinajstić information content (AvgIpc) is 3.17. The number of hydrogen-bond acceptors (Lipinski definition) is 5. The first kappa shape index (κ1) is 22.8. The Labute approximate surface area is 204 Å². The lowest BCUT2D eigenvalue weighted by Gasteiger charge is -2.24. The smallest absolute Gasteiger partial charge is 0.296 e. The van der Waals surface area contributed by atoms with Crippen LogP contribution in [0.1, 0.15) is 66.0 Å². The number of fused-ring (bicyclic) bond motifs is 2. The number of anilines is 1.